The molecule has 1 heterocycles. The first kappa shape index (κ1) is 12.7. The zero-order valence-corrected chi connectivity index (χ0v) is 11.0. The molecule has 1 aromatic rings. The standard InChI is InChI=1S/C13H13NO3S/c1-3-14-12(15)11(18-13(14)16)8-9-4-6-10(17-2)7-5-9/h4-8H,3H2,1-2H3. The molecule has 94 valence electrons. The van der Waals surface area contributed by atoms with Gasteiger partial charge in [0.15, 0.2) is 0 Å². The molecule has 18 heavy (non-hydrogen) atoms. The van der Waals surface area contributed by atoms with Crippen molar-refractivity contribution in [2.75, 3.05) is 13.7 Å². The van der Waals surface area contributed by atoms with Crippen LogP contribution in [0.3, 0.4) is 0 Å². The summed E-state index contributed by atoms with van der Waals surface area (Å²) in [5, 5.41) is -0.206. The molecule has 1 saturated heterocycles. The lowest BCUT2D eigenvalue weighted by Crippen LogP contribution is -2.27. The number of nitrogens with zero attached hydrogens (tertiary/aromatic N) is 1. The number of methoxy groups -OCH3 is 1. The van der Waals surface area contributed by atoms with Crippen LogP contribution in [0.25, 0.3) is 6.08 Å². The summed E-state index contributed by atoms with van der Waals surface area (Å²) in [4.78, 5) is 25.1. The molecule has 1 aromatic carbocycles. The smallest absolute Gasteiger partial charge is 0.293 e. The molecular weight excluding hydrogens is 250 g/mol. The van der Waals surface area contributed by atoms with Gasteiger partial charge in [-0.05, 0) is 42.5 Å². The first-order chi connectivity index (χ1) is 8.65. The number of benzene rings is 1. The van der Waals surface area contributed by atoms with Crippen LogP contribution in [0.5, 0.6) is 5.75 Å². The Bertz CT molecular complexity index is 507. The molecule has 0 N–H and O–H groups in total. The molecule has 1 fully saturated rings. The summed E-state index contributed by atoms with van der Waals surface area (Å²) in [5.74, 6) is 0.539. The maximum absolute atomic E-state index is 11.9. The predicted molar refractivity (Wildman–Crippen MR) is 71.3 cm³/mol. The minimum absolute atomic E-state index is 0.206. The summed E-state index contributed by atoms with van der Waals surface area (Å²) < 4.78 is 5.06. The molecule has 2 rings (SSSR count). The molecule has 5 heteroatoms. The SMILES string of the molecule is CCN1C(=O)SC(=Cc2ccc(OC)cc2)C1=O. The molecule has 0 spiro atoms. The van der Waals surface area contributed by atoms with E-state index in [4.69, 9.17) is 4.74 Å². The number of thioether (sulfide) groups is 1. The average molecular weight is 263 g/mol. The Labute approximate surface area is 110 Å². The second kappa shape index (κ2) is 5.27. The molecule has 0 aliphatic carbocycles. The number of likely N-dealkylation sites (N-methyl/N-ethyl adjacent to an activating group) is 1. The maximum atomic E-state index is 11.9. The second-order valence-electron chi connectivity index (χ2n) is 3.70. The Balaban J connectivity index is 2.23. The minimum Gasteiger partial charge on any atom is -0.497 e. The average Bonchev–Trinajstić information content (AvgIpc) is 2.65. The van der Waals surface area contributed by atoms with Gasteiger partial charge in [-0.25, -0.2) is 0 Å². The first-order valence-corrected chi connectivity index (χ1v) is 6.36. The number of carbonyl (C=O) groups excluding carboxylic acids is 2. The van der Waals surface area contributed by atoms with Crippen molar-refractivity contribution < 1.29 is 14.3 Å². The van der Waals surface area contributed by atoms with Crippen LogP contribution in [0.15, 0.2) is 29.2 Å². The number of rotatable bonds is 3. The number of carbonyl (C=O) groups is 2. The lowest BCUT2D eigenvalue weighted by atomic mass is 10.2. The Kier molecular flexibility index (Phi) is 3.72. The summed E-state index contributed by atoms with van der Waals surface area (Å²) >= 11 is 0.978. The molecule has 0 bridgehead atoms. The van der Waals surface area contributed by atoms with Crippen LogP contribution >= 0.6 is 11.8 Å². The second-order valence-corrected chi connectivity index (χ2v) is 4.69. The third-order valence-electron chi connectivity index (χ3n) is 2.60. The summed E-state index contributed by atoms with van der Waals surface area (Å²) in [5.41, 5.74) is 0.873. The normalized spacial score (nSPS) is 17.7. The zero-order chi connectivity index (χ0) is 13.1. The third-order valence-corrected chi connectivity index (χ3v) is 3.51. The van der Waals surface area contributed by atoms with Gasteiger partial charge >= 0.3 is 0 Å². The molecule has 1 aliphatic heterocycles. The van der Waals surface area contributed by atoms with E-state index in [-0.39, 0.29) is 11.1 Å². The van der Waals surface area contributed by atoms with Crippen molar-refractivity contribution in [3.05, 3.63) is 34.7 Å². The van der Waals surface area contributed by atoms with Crippen LogP contribution in [-0.4, -0.2) is 29.7 Å². The van der Waals surface area contributed by atoms with Gasteiger partial charge in [-0.3, -0.25) is 14.5 Å². The van der Waals surface area contributed by atoms with Crippen molar-refractivity contribution in [1.29, 1.82) is 0 Å². The zero-order valence-electron chi connectivity index (χ0n) is 10.2. The third kappa shape index (κ3) is 2.41. The van der Waals surface area contributed by atoms with E-state index in [1.54, 1.807) is 20.1 Å². The van der Waals surface area contributed by atoms with Crippen molar-refractivity contribution in [2.45, 2.75) is 6.92 Å². The Morgan fingerprint density at radius 2 is 1.94 bits per heavy atom. The van der Waals surface area contributed by atoms with Crippen LogP contribution in [-0.2, 0) is 4.79 Å². The van der Waals surface area contributed by atoms with E-state index in [2.05, 4.69) is 0 Å². The number of ether oxygens (including phenoxy) is 1. The number of hydrogen-bond acceptors (Lipinski definition) is 4. The number of imide groups is 1. The van der Waals surface area contributed by atoms with E-state index in [1.165, 1.54) is 4.90 Å². The molecule has 0 aromatic heterocycles. The molecule has 0 atom stereocenters. The van der Waals surface area contributed by atoms with E-state index in [1.807, 2.05) is 24.3 Å². The lowest BCUT2D eigenvalue weighted by Gasteiger charge is -2.06. The summed E-state index contributed by atoms with van der Waals surface area (Å²) in [6.07, 6.45) is 1.72. The quantitative estimate of drug-likeness (QED) is 0.787. The highest BCUT2D eigenvalue weighted by molar-refractivity contribution is 8.18. The maximum Gasteiger partial charge on any atom is 0.293 e. The van der Waals surface area contributed by atoms with Crippen LogP contribution in [0.2, 0.25) is 0 Å². The van der Waals surface area contributed by atoms with Gasteiger partial charge in [0.1, 0.15) is 5.75 Å². The monoisotopic (exact) mass is 263 g/mol. The Morgan fingerprint density at radius 1 is 1.28 bits per heavy atom. The van der Waals surface area contributed by atoms with Crippen LogP contribution < -0.4 is 4.74 Å². The summed E-state index contributed by atoms with van der Waals surface area (Å²) in [6.45, 7) is 2.19. The van der Waals surface area contributed by atoms with E-state index >= 15 is 0 Å². The number of hydrogen-bond donors (Lipinski definition) is 0. The van der Waals surface area contributed by atoms with Crippen LogP contribution in [0, 0.1) is 0 Å². The largest absolute Gasteiger partial charge is 0.497 e. The Morgan fingerprint density at radius 3 is 2.44 bits per heavy atom. The predicted octanol–water partition coefficient (Wildman–Crippen LogP) is 2.75. The van der Waals surface area contributed by atoms with Crippen molar-refractivity contribution >= 4 is 29.0 Å². The molecule has 1 aliphatic rings. The highest BCUT2D eigenvalue weighted by atomic mass is 32.2. The van der Waals surface area contributed by atoms with Crippen LogP contribution in [0.1, 0.15) is 12.5 Å². The molecular formula is C13H13NO3S. The van der Waals surface area contributed by atoms with Gasteiger partial charge < -0.3 is 4.74 Å². The van der Waals surface area contributed by atoms with Gasteiger partial charge in [0.2, 0.25) is 0 Å². The number of amides is 2. The van der Waals surface area contributed by atoms with Gasteiger partial charge in [-0.15, -0.1) is 0 Å². The fourth-order valence-corrected chi connectivity index (χ4v) is 2.53. The van der Waals surface area contributed by atoms with E-state index in [9.17, 15) is 9.59 Å². The molecule has 4 nitrogen and oxygen atoms in total. The molecule has 0 saturated carbocycles. The fraction of sp³-hybridized carbons (Fsp3) is 0.231. The van der Waals surface area contributed by atoms with Crippen LogP contribution in [0.4, 0.5) is 4.79 Å². The first-order valence-electron chi connectivity index (χ1n) is 5.55. The summed E-state index contributed by atoms with van der Waals surface area (Å²) in [7, 11) is 1.60. The Hall–Kier alpha value is -1.75. The topological polar surface area (TPSA) is 46.6 Å². The van der Waals surface area contributed by atoms with Gasteiger partial charge in [-0.1, -0.05) is 12.1 Å². The van der Waals surface area contributed by atoms with E-state index in [0.717, 1.165) is 23.1 Å². The molecule has 0 radical (unpaired) electrons. The van der Waals surface area contributed by atoms with E-state index < -0.39 is 0 Å². The van der Waals surface area contributed by atoms with Crippen molar-refractivity contribution in [3.8, 4) is 5.75 Å². The molecule has 0 unspecified atom stereocenters. The highest BCUT2D eigenvalue weighted by Gasteiger charge is 2.33. The van der Waals surface area contributed by atoms with Gasteiger partial charge in [-0.2, -0.15) is 0 Å². The van der Waals surface area contributed by atoms with Gasteiger partial charge in [0, 0.05) is 6.54 Å². The minimum atomic E-state index is -0.219. The van der Waals surface area contributed by atoms with Crippen molar-refractivity contribution in [3.63, 3.8) is 0 Å². The van der Waals surface area contributed by atoms with Crippen molar-refractivity contribution in [2.24, 2.45) is 0 Å². The van der Waals surface area contributed by atoms with Crippen molar-refractivity contribution in [1.82, 2.24) is 4.90 Å². The summed E-state index contributed by atoms with van der Waals surface area (Å²) in [6, 6.07) is 7.32. The van der Waals surface area contributed by atoms with Gasteiger partial charge in [0.25, 0.3) is 11.1 Å². The fourth-order valence-electron chi connectivity index (χ4n) is 1.62. The van der Waals surface area contributed by atoms with Gasteiger partial charge in [0.05, 0.1) is 12.0 Å². The highest BCUT2D eigenvalue weighted by Crippen LogP contribution is 2.32. The lowest BCUT2D eigenvalue weighted by molar-refractivity contribution is -0.122. The van der Waals surface area contributed by atoms with E-state index in [0.29, 0.717) is 11.4 Å². The molecule has 2 amide bonds.